The van der Waals surface area contributed by atoms with Crippen LogP contribution in [0, 0.1) is 0 Å². The van der Waals surface area contributed by atoms with E-state index in [9.17, 15) is 17.7 Å². The zero-order valence-corrected chi connectivity index (χ0v) is 7.97. The predicted octanol–water partition coefficient (Wildman–Crippen LogP) is 0.583. The maximum absolute atomic E-state index is 11.9. The summed E-state index contributed by atoms with van der Waals surface area (Å²) in [5.41, 5.74) is 0. The molecule has 82 valence electrons. The van der Waals surface area contributed by atoms with Crippen LogP contribution in [0.5, 0.6) is 0 Å². The maximum atomic E-state index is 11.9. The van der Waals surface area contributed by atoms with E-state index in [4.69, 9.17) is 0 Å². The van der Waals surface area contributed by atoms with Gasteiger partial charge in [-0.25, -0.2) is 0 Å². The lowest BCUT2D eigenvalue weighted by atomic mass is 9.91. The van der Waals surface area contributed by atoms with Gasteiger partial charge in [0.05, 0.1) is 6.54 Å². The first kappa shape index (κ1) is 11.4. The maximum Gasteiger partial charge on any atom is 0.492 e. The molecule has 3 nitrogen and oxygen atoms in total. The Morgan fingerprint density at radius 1 is 1.50 bits per heavy atom. The van der Waals surface area contributed by atoms with Crippen LogP contribution in [0.3, 0.4) is 0 Å². The summed E-state index contributed by atoms with van der Waals surface area (Å²) < 4.78 is 35.8. The molecule has 1 rings (SSSR count). The standard InChI is InChI=1S/C7H13BF3N2O/c1-13(5-8(9,10)11)4-7(14)12-6-2-3-6/h6H,2-5H2,1H3,(H,12,14)/q-1. The second-order valence-corrected chi connectivity index (χ2v) is 3.75. The van der Waals surface area contributed by atoms with Crippen molar-refractivity contribution in [3.63, 3.8) is 0 Å². The Balaban J connectivity index is 2.18. The molecule has 1 aliphatic rings. The molecule has 0 aromatic heterocycles. The van der Waals surface area contributed by atoms with Gasteiger partial charge in [0.15, 0.2) is 0 Å². The van der Waals surface area contributed by atoms with Crippen molar-refractivity contribution in [2.45, 2.75) is 18.9 Å². The van der Waals surface area contributed by atoms with Gasteiger partial charge in [0.2, 0.25) is 5.91 Å². The highest BCUT2D eigenvalue weighted by atomic mass is 19.4. The van der Waals surface area contributed by atoms with Gasteiger partial charge in [-0.2, -0.15) is 0 Å². The second kappa shape index (κ2) is 4.21. The molecular weight excluding hydrogens is 196 g/mol. The SMILES string of the molecule is CN(CC(=O)NC1CC1)C[B-](F)(F)F. The summed E-state index contributed by atoms with van der Waals surface area (Å²) in [5, 5.41) is 2.63. The summed E-state index contributed by atoms with van der Waals surface area (Å²) in [6.07, 6.45) is 0.898. The minimum Gasteiger partial charge on any atom is -0.448 e. The van der Waals surface area contributed by atoms with Crippen LogP contribution in [0.1, 0.15) is 12.8 Å². The summed E-state index contributed by atoms with van der Waals surface area (Å²) >= 11 is 0. The van der Waals surface area contributed by atoms with Crippen molar-refractivity contribution in [1.29, 1.82) is 0 Å². The van der Waals surface area contributed by atoms with Gasteiger partial charge in [0.25, 0.3) is 0 Å². The first-order chi connectivity index (χ1) is 6.37. The molecule has 0 bridgehead atoms. The van der Waals surface area contributed by atoms with Crippen LogP contribution in [0.2, 0.25) is 0 Å². The minimum absolute atomic E-state index is 0.183. The molecule has 0 radical (unpaired) electrons. The number of likely N-dealkylation sites (N-methyl/N-ethyl adjacent to an activating group) is 1. The number of nitrogens with zero attached hydrogens (tertiary/aromatic N) is 1. The van der Waals surface area contributed by atoms with Gasteiger partial charge in [0.1, 0.15) is 0 Å². The van der Waals surface area contributed by atoms with Gasteiger partial charge >= 0.3 is 6.98 Å². The molecule has 0 aromatic carbocycles. The summed E-state index contributed by atoms with van der Waals surface area (Å²) in [6, 6.07) is 0.201. The quantitative estimate of drug-likeness (QED) is 0.671. The number of amides is 1. The van der Waals surface area contributed by atoms with Crippen LogP contribution in [-0.2, 0) is 4.79 Å². The number of carbonyl (C=O) groups excluding carboxylic acids is 1. The normalized spacial score (nSPS) is 17.2. The molecule has 0 saturated heterocycles. The molecule has 1 amide bonds. The van der Waals surface area contributed by atoms with E-state index in [0.717, 1.165) is 17.7 Å². The zero-order valence-electron chi connectivity index (χ0n) is 7.97. The zero-order chi connectivity index (χ0) is 10.8. The topological polar surface area (TPSA) is 32.3 Å². The third-order valence-electron chi connectivity index (χ3n) is 1.87. The average Bonchev–Trinajstić information content (AvgIpc) is 2.64. The van der Waals surface area contributed by atoms with Crippen molar-refractivity contribution in [3.8, 4) is 0 Å². The van der Waals surface area contributed by atoms with E-state index < -0.39 is 13.4 Å². The number of hydrogen-bond donors (Lipinski definition) is 1. The highest BCUT2D eigenvalue weighted by molar-refractivity contribution is 6.58. The summed E-state index contributed by atoms with van der Waals surface area (Å²) in [5.74, 6) is -0.324. The Morgan fingerprint density at radius 2 is 2.07 bits per heavy atom. The molecule has 0 aromatic rings. The van der Waals surface area contributed by atoms with Crippen LogP contribution in [0.4, 0.5) is 12.9 Å². The lowest BCUT2D eigenvalue weighted by Gasteiger charge is -2.22. The Labute approximate surface area is 80.7 Å². The molecule has 1 fully saturated rings. The van der Waals surface area contributed by atoms with Gasteiger partial charge in [-0.3, -0.25) is 4.79 Å². The van der Waals surface area contributed by atoms with Crippen molar-refractivity contribution in [3.05, 3.63) is 0 Å². The molecule has 1 saturated carbocycles. The van der Waals surface area contributed by atoms with E-state index in [1.165, 1.54) is 7.05 Å². The minimum atomic E-state index is -4.84. The summed E-state index contributed by atoms with van der Waals surface area (Å²) in [7, 11) is 1.29. The molecule has 0 atom stereocenters. The van der Waals surface area contributed by atoms with Crippen molar-refractivity contribution in [1.82, 2.24) is 10.2 Å². The highest BCUT2D eigenvalue weighted by Gasteiger charge is 2.27. The van der Waals surface area contributed by atoms with Gasteiger partial charge in [-0.15, -0.1) is 0 Å². The van der Waals surface area contributed by atoms with E-state index in [-0.39, 0.29) is 18.5 Å². The van der Waals surface area contributed by atoms with Gasteiger partial charge in [0, 0.05) is 6.04 Å². The van der Waals surface area contributed by atoms with Crippen molar-refractivity contribution >= 4 is 12.9 Å². The fourth-order valence-corrected chi connectivity index (χ4v) is 1.16. The van der Waals surface area contributed by atoms with Crippen LogP contribution >= 0.6 is 0 Å². The van der Waals surface area contributed by atoms with E-state index >= 15 is 0 Å². The van der Waals surface area contributed by atoms with Gasteiger partial charge in [-0.1, -0.05) is 0 Å². The first-order valence-electron chi connectivity index (χ1n) is 4.56. The number of rotatable bonds is 5. The molecule has 1 N–H and O–H groups in total. The van der Waals surface area contributed by atoms with E-state index in [1.54, 1.807) is 0 Å². The predicted molar refractivity (Wildman–Crippen MR) is 47.7 cm³/mol. The van der Waals surface area contributed by atoms with Crippen LogP contribution < -0.4 is 5.32 Å². The fourth-order valence-electron chi connectivity index (χ4n) is 1.16. The average molecular weight is 209 g/mol. The fraction of sp³-hybridized carbons (Fsp3) is 0.857. The summed E-state index contributed by atoms with van der Waals surface area (Å²) in [4.78, 5) is 12.1. The van der Waals surface area contributed by atoms with Crippen LogP contribution in [-0.4, -0.2) is 43.9 Å². The Morgan fingerprint density at radius 3 is 2.50 bits per heavy atom. The van der Waals surface area contributed by atoms with Crippen molar-refractivity contribution < 1.29 is 17.7 Å². The second-order valence-electron chi connectivity index (χ2n) is 3.75. The molecule has 1 aliphatic carbocycles. The third-order valence-corrected chi connectivity index (χ3v) is 1.87. The van der Waals surface area contributed by atoms with Crippen molar-refractivity contribution in [2.24, 2.45) is 0 Å². The first-order valence-corrected chi connectivity index (χ1v) is 4.56. The molecule has 0 heterocycles. The molecular formula is C7H13BF3N2O-. The van der Waals surface area contributed by atoms with E-state index in [0.29, 0.717) is 0 Å². The number of nitrogens with one attached hydrogen (secondary N) is 1. The number of carbonyl (C=O) groups is 1. The van der Waals surface area contributed by atoms with Gasteiger partial charge < -0.3 is 23.2 Å². The lowest BCUT2D eigenvalue weighted by molar-refractivity contribution is -0.121. The molecule has 0 unspecified atom stereocenters. The third kappa shape index (κ3) is 5.11. The van der Waals surface area contributed by atoms with Crippen molar-refractivity contribution in [2.75, 3.05) is 20.0 Å². The largest absolute Gasteiger partial charge is 0.492 e. The van der Waals surface area contributed by atoms with E-state index in [2.05, 4.69) is 5.32 Å². The van der Waals surface area contributed by atoms with Crippen LogP contribution in [0.25, 0.3) is 0 Å². The number of hydrogen-bond acceptors (Lipinski definition) is 2. The van der Waals surface area contributed by atoms with E-state index in [1.807, 2.05) is 0 Å². The summed E-state index contributed by atoms with van der Waals surface area (Å²) in [6.45, 7) is -5.02. The van der Waals surface area contributed by atoms with Crippen LogP contribution in [0.15, 0.2) is 0 Å². The molecule has 0 spiro atoms. The Hall–Kier alpha value is -0.715. The smallest absolute Gasteiger partial charge is 0.448 e. The highest BCUT2D eigenvalue weighted by Crippen LogP contribution is 2.18. The lowest BCUT2D eigenvalue weighted by Crippen LogP contribution is -2.42. The molecule has 0 aliphatic heterocycles. The molecule has 7 heteroatoms. The molecule has 14 heavy (non-hydrogen) atoms. The Bertz CT molecular complexity index is 217. The van der Waals surface area contributed by atoms with Gasteiger partial charge in [-0.05, 0) is 26.3 Å². The Kier molecular flexibility index (Phi) is 3.41. The number of halogens is 3. The monoisotopic (exact) mass is 209 g/mol.